The molecule has 4 aromatic rings. The van der Waals surface area contributed by atoms with Crippen molar-refractivity contribution in [2.75, 3.05) is 19.5 Å². The highest BCUT2D eigenvalue weighted by molar-refractivity contribution is 6.48. The maximum atomic E-state index is 13.3. The first-order valence-electron chi connectivity index (χ1n) is 9.91. The van der Waals surface area contributed by atoms with Gasteiger partial charge in [-0.25, -0.2) is 9.97 Å². The Bertz CT molecular complexity index is 1320. The Balaban J connectivity index is 1.76. The molecular formula is C23H23N5O4. The number of hydrogen-bond donors (Lipinski definition) is 1. The van der Waals surface area contributed by atoms with Gasteiger partial charge in [-0.05, 0) is 31.2 Å². The fourth-order valence-electron chi connectivity index (χ4n) is 3.67. The number of aromatic nitrogens is 4. The number of nitrogens with zero attached hydrogens (tertiary/aromatic N) is 4. The number of carbonyl (C=O) groups excluding carboxylic acids is 2. The predicted molar refractivity (Wildman–Crippen MR) is 119 cm³/mol. The first-order chi connectivity index (χ1) is 15.4. The summed E-state index contributed by atoms with van der Waals surface area (Å²) >= 11 is 0. The lowest BCUT2D eigenvalue weighted by Crippen LogP contribution is -2.23. The van der Waals surface area contributed by atoms with Crippen LogP contribution in [0.2, 0.25) is 0 Å². The van der Waals surface area contributed by atoms with E-state index in [2.05, 4.69) is 15.3 Å². The van der Waals surface area contributed by atoms with E-state index in [9.17, 15) is 9.59 Å². The van der Waals surface area contributed by atoms with Crippen LogP contribution in [0.5, 0.6) is 11.6 Å². The van der Waals surface area contributed by atoms with E-state index in [1.165, 1.54) is 13.3 Å². The summed E-state index contributed by atoms with van der Waals surface area (Å²) in [4.78, 5) is 34.5. The number of carbonyl (C=O) groups is 2. The van der Waals surface area contributed by atoms with Crippen LogP contribution in [-0.4, -0.2) is 45.0 Å². The van der Waals surface area contributed by atoms with E-state index in [-0.39, 0.29) is 0 Å². The molecule has 0 aliphatic rings. The molecule has 9 nitrogen and oxygen atoms in total. The number of benzene rings is 1. The van der Waals surface area contributed by atoms with Crippen LogP contribution in [0.4, 0.5) is 5.69 Å². The number of nitrogens with one attached hydrogen (secondary N) is 1. The minimum absolute atomic E-state index is 0.326. The molecule has 0 aliphatic carbocycles. The fourth-order valence-corrected chi connectivity index (χ4v) is 3.67. The monoisotopic (exact) mass is 433 g/mol. The van der Waals surface area contributed by atoms with Crippen molar-refractivity contribution in [3.8, 4) is 11.6 Å². The van der Waals surface area contributed by atoms with Crippen LogP contribution >= 0.6 is 0 Å². The van der Waals surface area contributed by atoms with E-state index in [4.69, 9.17) is 9.47 Å². The Morgan fingerprint density at radius 2 is 1.88 bits per heavy atom. The smallest absolute Gasteiger partial charge is 0.296 e. The predicted octanol–water partition coefficient (Wildman–Crippen LogP) is 2.97. The van der Waals surface area contributed by atoms with Crippen molar-refractivity contribution in [2.24, 2.45) is 7.05 Å². The molecule has 32 heavy (non-hydrogen) atoms. The van der Waals surface area contributed by atoms with Gasteiger partial charge in [-0.15, -0.1) is 0 Å². The Hall–Kier alpha value is -4.14. The van der Waals surface area contributed by atoms with Crippen molar-refractivity contribution < 1.29 is 19.1 Å². The molecule has 0 fully saturated rings. The molecule has 0 aliphatic heterocycles. The van der Waals surface area contributed by atoms with Gasteiger partial charge in [0.25, 0.3) is 11.7 Å². The molecule has 3 aromatic heterocycles. The van der Waals surface area contributed by atoms with Gasteiger partial charge in [0.15, 0.2) is 0 Å². The third-order valence-corrected chi connectivity index (χ3v) is 5.39. The second-order valence-electron chi connectivity index (χ2n) is 7.25. The summed E-state index contributed by atoms with van der Waals surface area (Å²) in [6.45, 7) is 2.28. The molecule has 0 bridgehead atoms. The van der Waals surface area contributed by atoms with E-state index in [0.29, 0.717) is 40.5 Å². The quantitative estimate of drug-likeness (QED) is 0.355. The summed E-state index contributed by atoms with van der Waals surface area (Å²) in [6, 6.07) is 8.62. The summed E-state index contributed by atoms with van der Waals surface area (Å²) in [5.74, 6) is 0.367. The van der Waals surface area contributed by atoms with Gasteiger partial charge in [0.05, 0.1) is 26.3 Å². The van der Waals surface area contributed by atoms with Gasteiger partial charge in [0.2, 0.25) is 5.88 Å². The highest BCUT2D eigenvalue weighted by Gasteiger charge is 2.26. The summed E-state index contributed by atoms with van der Waals surface area (Å²) in [5, 5.41) is 3.28. The summed E-state index contributed by atoms with van der Waals surface area (Å²) < 4.78 is 14.3. The second-order valence-corrected chi connectivity index (χ2v) is 7.25. The van der Waals surface area contributed by atoms with E-state index in [1.807, 2.05) is 41.4 Å². The molecule has 0 spiro atoms. The van der Waals surface area contributed by atoms with E-state index >= 15 is 0 Å². The lowest BCUT2D eigenvalue weighted by Gasteiger charge is -2.09. The van der Waals surface area contributed by atoms with Crippen molar-refractivity contribution in [3.05, 3.63) is 66.0 Å². The molecule has 1 aromatic carbocycles. The number of rotatable bonds is 7. The molecule has 0 radical (unpaired) electrons. The number of fused-ring (bicyclic) bond motifs is 1. The van der Waals surface area contributed by atoms with Crippen molar-refractivity contribution in [3.63, 3.8) is 0 Å². The number of Topliss-reactive ketones (excluding diaryl/α,β-unsaturated/α-hetero) is 1. The fraction of sp³-hybridized carbons (Fsp3) is 0.217. The molecule has 0 saturated heterocycles. The first kappa shape index (κ1) is 21.1. The number of aryl methyl sites for hydroxylation is 1. The minimum atomic E-state index is -0.750. The maximum absolute atomic E-state index is 13.3. The first-order valence-corrected chi connectivity index (χ1v) is 9.91. The lowest BCUT2D eigenvalue weighted by atomic mass is 10.1. The number of pyridine rings is 1. The topological polar surface area (TPSA) is 100 Å². The van der Waals surface area contributed by atoms with E-state index in [1.54, 1.807) is 31.5 Å². The Morgan fingerprint density at radius 1 is 1.06 bits per heavy atom. The summed E-state index contributed by atoms with van der Waals surface area (Å²) in [7, 11) is 4.95. The third kappa shape index (κ3) is 3.80. The van der Waals surface area contributed by atoms with Crippen molar-refractivity contribution in [2.45, 2.75) is 13.5 Å². The summed E-state index contributed by atoms with van der Waals surface area (Å²) in [6.07, 6.45) is 5.08. The van der Waals surface area contributed by atoms with Crippen LogP contribution in [0.3, 0.4) is 0 Å². The van der Waals surface area contributed by atoms with Crippen LogP contribution in [0.25, 0.3) is 10.9 Å². The highest BCUT2D eigenvalue weighted by atomic mass is 16.5. The molecular weight excluding hydrogens is 410 g/mol. The molecule has 0 saturated carbocycles. The van der Waals surface area contributed by atoms with Gasteiger partial charge in [-0.1, -0.05) is 0 Å². The molecule has 3 heterocycles. The molecule has 0 atom stereocenters. The standard InChI is InChI=1S/C23H23N5O4/c1-14-21(22(29)23(30)26-15-7-8-25-20(11-15)32-4)17-12-16(31-3)5-6-18(17)28(14)13-19-24-9-10-27(19)2/h5-12H,13H2,1-4H3,(H,25,26,30). The number of imidazole rings is 1. The maximum Gasteiger partial charge on any atom is 0.296 e. The van der Waals surface area contributed by atoms with Crippen LogP contribution in [0, 0.1) is 6.92 Å². The zero-order chi connectivity index (χ0) is 22.8. The van der Waals surface area contributed by atoms with Crippen LogP contribution in [0.15, 0.2) is 48.9 Å². The molecule has 164 valence electrons. The number of anilines is 1. The normalized spacial score (nSPS) is 10.9. The van der Waals surface area contributed by atoms with Gasteiger partial charge < -0.3 is 23.9 Å². The minimum Gasteiger partial charge on any atom is -0.497 e. The molecule has 1 N–H and O–H groups in total. The number of amides is 1. The van der Waals surface area contributed by atoms with Crippen LogP contribution in [0.1, 0.15) is 21.9 Å². The van der Waals surface area contributed by atoms with E-state index < -0.39 is 11.7 Å². The number of ether oxygens (including phenoxy) is 2. The van der Waals surface area contributed by atoms with E-state index in [0.717, 1.165) is 11.3 Å². The number of ketones is 1. The van der Waals surface area contributed by atoms with Gasteiger partial charge in [0.1, 0.15) is 11.6 Å². The highest BCUT2D eigenvalue weighted by Crippen LogP contribution is 2.31. The SMILES string of the molecule is COc1ccc2c(c1)c(C(=O)C(=O)Nc1ccnc(OC)c1)c(C)n2Cc1nccn1C. The number of hydrogen-bond acceptors (Lipinski definition) is 6. The zero-order valence-electron chi connectivity index (χ0n) is 18.2. The Kier molecular flexibility index (Phi) is 5.63. The summed E-state index contributed by atoms with van der Waals surface area (Å²) in [5.41, 5.74) is 2.23. The zero-order valence-corrected chi connectivity index (χ0v) is 18.2. The van der Waals surface area contributed by atoms with Gasteiger partial charge in [-0.2, -0.15) is 0 Å². The largest absolute Gasteiger partial charge is 0.497 e. The average Bonchev–Trinajstić information content (AvgIpc) is 3.33. The van der Waals surface area contributed by atoms with Gasteiger partial charge in [0, 0.05) is 54.0 Å². The molecule has 0 unspecified atom stereocenters. The molecule has 4 rings (SSSR count). The number of methoxy groups -OCH3 is 2. The van der Waals surface area contributed by atoms with Crippen molar-refractivity contribution in [1.29, 1.82) is 0 Å². The van der Waals surface area contributed by atoms with Crippen LogP contribution in [-0.2, 0) is 18.4 Å². The third-order valence-electron chi connectivity index (χ3n) is 5.39. The second kappa shape index (κ2) is 8.54. The Labute approximate surface area is 184 Å². The van der Waals surface area contributed by atoms with Crippen molar-refractivity contribution >= 4 is 28.3 Å². The van der Waals surface area contributed by atoms with Crippen LogP contribution < -0.4 is 14.8 Å². The average molecular weight is 433 g/mol. The Morgan fingerprint density at radius 3 is 2.56 bits per heavy atom. The lowest BCUT2D eigenvalue weighted by molar-refractivity contribution is -0.112. The van der Waals surface area contributed by atoms with Crippen molar-refractivity contribution in [1.82, 2.24) is 19.1 Å². The molecule has 1 amide bonds. The van der Waals surface area contributed by atoms with Gasteiger partial charge in [-0.3, -0.25) is 9.59 Å². The van der Waals surface area contributed by atoms with Gasteiger partial charge >= 0.3 is 0 Å². The molecule has 9 heteroatoms.